The van der Waals surface area contributed by atoms with Crippen LogP contribution in [-0.2, 0) is 4.79 Å². The van der Waals surface area contributed by atoms with Gasteiger partial charge in [-0.1, -0.05) is 47.0 Å². The summed E-state index contributed by atoms with van der Waals surface area (Å²) in [5.74, 6) is 0.623. The van der Waals surface area contributed by atoms with E-state index in [4.69, 9.17) is 5.73 Å². The summed E-state index contributed by atoms with van der Waals surface area (Å²) < 4.78 is 0. The van der Waals surface area contributed by atoms with Gasteiger partial charge in [0.2, 0.25) is 0 Å². The highest BCUT2D eigenvalue weighted by Gasteiger charge is 2.22. The van der Waals surface area contributed by atoms with E-state index < -0.39 is 0 Å². The van der Waals surface area contributed by atoms with E-state index in [1.807, 2.05) is 27.7 Å². The van der Waals surface area contributed by atoms with Gasteiger partial charge >= 0.3 is 0 Å². The van der Waals surface area contributed by atoms with Crippen LogP contribution in [0.1, 0.15) is 66.7 Å². The first-order valence-electron chi connectivity index (χ1n) is 6.48. The Kier molecular flexibility index (Phi) is 13.3. The SMILES string of the molecule is CC.CC.CC(=O)C(N)C1CCCCC1. The molecule has 1 atom stereocenters. The molecule has 0 bridgehead atoms. The van der Waals surface area contributed by atoms with Crippen LogP contribution >= 0.6 is 0 Å². The zero-order valence-corrected chi connectivity index (χ0v) is 11.2. The molecule has 2 nitrogen and oxygen atoms in total. The van der Waals surface area contributed by atoms with Crippen LogP contribution in [0.5, 0.6) is 0 Å². The van der Waals surface area contributed by atoms with Crippen LogP contribution in [0, 0.1) is 5.92 Å². The van der Waals surface area contributed by atoms with Crippen LogP contribution in [0.25, 0.3) is 0 Å². The van der Waals surface area contributed by atoms with Gasteiger partial charge in [0.25, 0.3) is 0 Å². The van der Waals surface area contributed by atoms with E-state index in [9.17, 15) is 4.79 Å². The lowest BCUT2D eigenvalue weighted by Crippen LogP contribution is -2.37. The van der Waals surface area contributed by atoms with Crippen molar-refractivity contribution >= 4 is 5.78 Å². The standard InChI is InChI=1S/C9H17NO.2C2H6/c1-7(11)9(10)8-5-3-2-4-6-8;2*1-2/h8-9H,2-6,10H2,1H3;2*1-2H3. The maximum atomic E-state index is 10.9. The first-order valence-corrected chi connectivity index (χ1v) is 6.48. The second-order valence-corrected chi connectivity index (χ2v) is 3.53. The van der Waals surface area contributed by atoms with Crippen molar-refractivity contribution in [3.8, 4) is 0 Å². The van der Waals surface area contributed by atoms with Gasteiger partial charge in [0.05, 0.1) is 6.04 Å². The van der Waals surface area contributed by atoms with Gasteiger partial charge in [-0.3, -0.25) is 4.79 Å². The molecular formula is C13H29NO. The first-order chi connectivity index (χ1) is 7.22. The molecule has 0 aromatic rings. The van der Waals surface area contributed by atoms with Crippen LogP contribution in [0.2, 0.25) is 0 Å². The molecule has 0 amide bonds. The molecule has 2 N–H and O–H groups in total. The lowest BCUT2D eigenvalue weighted by atomic mass is 9.83. The maximum Gasteiger partial charge on any atom is 0.146 e. The van der Waals surface area contributed by atoms with E-state index in [1.165, 1.54) is 19.3 Å². The average molecular weight is 215 g/mol. The molecule has 0 aromatic carbocycles. The van der Waals surface area contributed by atoms with E-state index in [-0.39, 0.29) is 11.8 Å². The van der Waals surface area contributed by atoms with E-state index >= 15 is 0 Å². The smallest absolute Gasteiger partial charge is 0.146 e. The Morgan fingerprint density at radius 1 is 1.07 bits per heavy atom. The fourth-order valence-corrected chi connectivity index (χ4v) is 1.83. The number of carbonyl (C=O) groups excluding carboxylic acids is 1. The molecule has 1 unspecified atom stereocenters. The number of Topliss-reactive ketones (excluding diaryl/α,β-unsaturated/α-hetero) is 1. The largest absolute Gasteiger partial charge is 0.321 e. The highest BCUT2D eigenvalue weighted by atomic mass is 16.1. The molecule has 1 saturated carbocycles. The number of rotatable bonds is 2. The van der Waals surface area contributed by atoms with E-state index in [2.05, 4.69) is 0 Å². The molecule has 1 aliphatic rings. The minimum absolute atomic E-state index is 0.150. The second kappa shape index (κ2) is 11.7. The Labute approximate surface area is 95.6 Å². The van der Waals surface area contributed by atoms with Crippen molar-refractivity contribution in [3.05, 3.63) is 0 Å². The van der Waals surface area contributed by atoms with Crippen molar-refractivity contribution in [2.45, 2.75) is 72.8 Å². The summed E-state index contributed by atoms with van der Waals surface area (Å²) in [5.41, 5.74) is 5.74. The van der Waals surface area contributed by atoms with Gasteiger partial charge in [0, 0.05) is 0 Å². The predicted molar refractivity (Wildman–Crippen MR) is 67.9 cm³/mol. The Hall–Kier alpha value is -0.370. The van der Waals surface area contributed by atoms with Gasteiger partial charge in [0.15, 0.2) is 0 Å². The van der Waals surface area contributed by atoms with Crippen molar-refractivity contribution in [1.82, 2.24) is 0 Å². The molecule has 0 spiro atoms. The normalized spacial score (nSPS) is 17.7. The molecule has 1 rings (SSSR count). The highest BCUT2D eigenvalue weighted by Crippen LogP contribution is 2.25. The van der Waals surface area contributed by atoms with Gasteiger partial charge in [-0.05, 0) is 25.7 Å². The third-order valence-corrected chi connectivity index (χ3v) is 2.63. The zero-order chi connectivity index (χ0) is 12.3. The van der Waals surface area contributed by atoms with Gasteiger partial charge in [0.1, 0.15) is 5.78 Å². The number of ketones is 1. The summed E-state index contributed by atoms with van der Waals surface area (Å²) in [7, 11) is 0. The van der Waals surface area contributed by atoms with Crippen molar-refractivity contribution in [3.63, 3.8) is 0 Å². The van der Waals surface area contributed by atoms with Crippen molar-refractivity contribution in [2.75, 3.05) is 0 Å². The van der Waals surface area contributed by atoms with E-state index in [0.717, 1.165) is 12.8 Å². The zero-order valence-electron chi connectivity index (χ0n) is 11.2. The third kappa shape index (κ3) is 7.55. The summed E-state index contributed by atoms with van der Waals surface area (Å²) in [6.45, 7) is 9.60. The molecule has 1 aliphatic carbocycles. The van der Waals surface area contributed by atoms with Crippen molar-refractivity contribution in [1.29, 1.82) is 0 Å². The van der Waals surface area contributed by atoms with Gasteiger partial charge in [-0.15, -0.1) is 0 Å². The molecule has 15 heavy (non-hydrogen) atoms. The Morgan fingerprint density at radius 2 is 1.47 bits per heavy atom. The predicted octanol–water partition coefficient (Wildman–Crippen LogP) is 3.54. The van der Waals surface area contributed by atoms with Gasteiger partial charge in [-0.25, -0.2) is 0 Å². The number of hydrogen-bond donors (Lipinski definition) is 1. The maximum absolute atomic E-state index is 10.9. The van der Waals surface area contributed by atoms with Crippen LogP contribution in [0.3, 0.4) is 0 Å². The molecule has 0 saturated heterocycles. The van der Waals surface area contributed by atoms with Crippen LogP contribution in [0.4, 0.5) is 0 Å². The monoisotopic (exact) mass is 215 g/mol. The average Bonchev–Trinajstić information content (AvgIpc) is 2.34. The lowest BCUT2D eigenvalue weighted by Gasteiger charge is -2.25. The number of carbonyl (C=O) groups is 1. The van der Waals surface area contributed by atoms with Gasteiger partial charge in [-0.2, -0.15) is 0 Å². The van der Waals surface area contributed by atoms with Crippen LogP contribution in [-0.4, -0.2) is 11.8 Å². The Bertz CT molecular complexity index is 139. The van der Waals surface area contributed by atoms with Gasteiger partial charge < -0.3 is 5.73 Å². The summed E-state index contributed by atoms with van der Waals surface area (Å²) in [4.78, 5) is 10.9. The van der Waals surface area contributed by atoms with Crippen LogP contribution < -0.4 is 5.73 Å². The molecule has 0 aliphatic heterocycles. The minimum Gasteiger partial charge on any atom is -0.321 e. The fraction of sp³-hybridized carbons (Fsp3) is 0.923. The van der Waals surface area contributed by atoms with E-state index in [1.54, 1.807) is 6.92 Å². The third-order valence-electron chi connectivity index (χ3n) is 2.63. The topological polar surface area (TPSA) is 43.1 Å². The number of nitrogens with two attached hydrogens (primary N) is 1. The number of hydrogen-bond acceptors (Lipinski definition) is 2. The summed E-state index contributed by atoms with van der Waals surface area (Å²) in [6, 6.07) is -0.185. The summed E-state index contributed by atoms with van der Waals surface area (Å²) in [5, 5.41) is 0. The second-order valence-electron chi connectivity index (χ2n) is 3.53. The quantitative estimate of drug-likeness (QED) is 0.765. The molecular weight excluding hydrogens is 186 g/mol. The van der Waals surface area contributed by atoms with E-state index in [0.29, 0.717) is 5.92 Å². The minimum atomic E-state index is -0.185. The molecule has 0 aromatic heterocycles. The Morgan fingerprint density at radius 3 is 1.80 bits per heavy atom. The molecule has 92 valence electrons. The molecule has 2 heteroatoms. The van der Waals surface area contributed by atoms with Crippen molar-refractivity contribution < 1.29 is 4.79 Å². The summed E-state index contributed by atoms with van der Waals surface area (Å²) in [6.07, 6.45) is 6.14. The summed E-state index contributed by atoms with van der Waals surface area (Å²) >= 11 is 0. The molecule has 1 fully saturated rings. The van der Waals surface area contributed by atoms with Crippen LogP contribution in [0.15, 0.2) is 0 Å². The molecule has 0 heterocycles. The lowest BCUT2D eigenvalue weighted by molar-refractivity contribution is -0.119. The van der Waals surface area contributed by atoms with Crippen molar-refractivity contribution in [2.24, 2.45) is 11.7 Å². The Balaban J connectivity index is 0. The fourth-order valence-electron chi connectivity index (χ4n) is 1.83. The molecule has 0 radical (unpaired) electrons. The highest BCUT2D eigenvalue weighted by molar-refractivity contribution is 5.81. The first kappa shape index (κ1) is 17.0.